The third-order valence-corrected chi connectivity index (χ3v) is 2.65. The first kappa shape index (κ1) is 14.7. The van der Waals surface area contributed by atoms with Gasteiger partial charge in [-0.3, -0.25) is 0 Å². The second-order valence-corrected chi connectivity index (χ2v) is 4.55. The van der Waals surface area contributed by atoms with Gasteiger partial charge in [0.05, 0.1) is 18.8 Å². The van der Waals surface area contributed by atoms with Gasteiger partial charge in [0.25, 0.3) is 0 Å². The molecule has 0 aromatic carbocycles. The second kappa shape index (κ2) is 6.55. The molecule has 1 heterocycles. The maximum Gasteiger partial charge on any atom is 0.326 e. The van der Waals surface area contributed by atoms with E-state index in [9.17, 15) is 14.7 Å². The summed E-state index contributed by atoms with van der Waals surface area (Å²) in [6.07, 6.45) is -0.614. The Morgan fingerprint density at radius 2 is 2.17 bits per heavy atom. The van der Waals surface area contributed by atoms with Crippen molar-refractivity contribution in [2.24, 2.45) is 0 Å². The molecular formula is C11H20N2O5. The fraction of sp³-hybridized carbons (Fsp3) is 0.818. The van der Waals surface area contributed by atoms with Gasteiger partial charge in [0.15, 0.2) is 0 Å². The van der Waals surface area contributed by atoms with E-state index < -0.39 is 24.1 Å². The number of hydrogen-bond acceptors (Lipinski definition) is 4. The van der Waals surface area contributed by atoms with Crippen molar-refractivity contribution in [2.75, 3.05) is 19.7 Å². The quantitative estimate of drug-likeness (QED) is 0.586. The first-order valence-corrected chi connectivity index (χ1v) is 5.98. The highest BCUT2D eigenvalue weighted by Crippen LogP contribution is 2.17. The molecule has 1 aliphatic heterocycles. The number of carbonyl (C=O) groups excluding carboxylic acids is 1. The zero-order valence-electron chi connectivity index (χ0n) is 10.6. The van der Waals surface area contributed by atoms with E-state index in [4.69, 9.17) is 9.84 Å². The number of nitrogens with one attached hydrogen (secondary N) is 1. The molecule has 0 aliphatic carbocycles. The van der Waals surface area contributed by atoms with Crippen molar-refractivity contribution in [3.63, 3.8) is 0 Å². The number of aliphatic hydroxyl groups excluding tert-OH is 1. The number of carbonyl (C=O) groups is 2. The Hall–Kier alpha value is -1.34. The minimum atomic E-state index is -1.10. The number of likely N-dealkylation sites (tertiary alicyclic amines) is 1. The van der Waals surface area contributed by atoms with E-state index in [2.05, 4.69) is 5.32 Å². The SMILES string of the molecule is CC(C)OCCNC(=O)N1C[C@H](O)C[C@H]1C(=O)O. The summed E-state index contributed by atoms with van der Waals surface area (Å²) >= 11 is 0. The van der Waals surface area contributed by atoms with Crippen LogP contribution in [0.2, 0.25) is 0 Å². The van der Waals surface area contributed by atoms with Crippen LogP contribution in [0, 0.1) is 0 Å². The molecule has 0 unspecified atom stereocenters. The van der Waals surface area contributed by atoms with Crippen molar-refractivity contribution < 1.29 is 24.5 Å². The minimum absolute atomic E-state index is 0.0494. The van der Waals surface area contributed by atoms with Gasteiger partial charge in [-0.05, 0) is 13.8 Å². The van der Waals surface area contributed by atoms with Gasteiger partial charge >= 0.3 is 12.0 Å². The number of rotatable bonds is 5. The van der Waals surface area contributed by atoms with E-state index in [0.29, 0.717) is 13.2 Å². The third-order valence-electron chi connectivity index (χ3n) is 2.65. The Morgan fingerprint density at radius 1 is 1.50 bits per heavy atom. The maximum absolute atomic E-state index is 11.7. The number of carboxylic acid groups (broad SMARTS) is 1. The molecule has 1 fully saturated rings. The number of carboxylic acids is 1. The molecule has 2 amide bonds. The molecule has 0 saturated carbocycles. The standard InChI is InChI=1S/C11H20N2O5/c1-7(2)18-4-3-12-11(17)13-6-8(14)5-9(13)10(15)16/h7-9,14H,3-6H2,1-2H3,(H,12,17)(H,15,16)/t8-,9+/m1/s1. The van der Waals surface area contributed by atoms with Gasteiger partial charge in [0, 0.05) is 19.5 Å². The maximum atomic E-state index is 11.7. The lowest BCUT2D eigenvalue weighted by Crippen LogP contribution is -2.47. The fourth-order valence-corrected chi connectivity index (χ4v) is 1.83. The smallest absolute Gasteiger partial charge is 0.326 e. The number of aliphatic carboxylic acids is 1. The molecule has 7 nitrogen and oxygen atoms in total. The second-order valence-electron chi connectivity index (χ2n) is 4.55. The van der Waals surface area contributed by atoms with Gasteiger partial charge < -0.3 is 25.2 Å². The molecule has 1 rings (SSSR count). The van der Waals surface area contributed by atoms with Crippen molar-refractivity contribution in [3.05, 3.63) is 0 Å². The topological polar surface area (TPSA) is 99.1 Å². The lowest BCUT2D eigenvalue weighted by Gasteiger charge is -2.21. The summed E-state index contributed by atoms with van der Waals surface area (Å²) < 4.78 is 5.25. The van der Waals surface area contributed by atoms with E-state index in [1.807, 2.05) is 13.8 Å². The van der Waals surface area contributed by atoms with Crippen LogP contribution in [-0.4, -0.2) is 65.1 Å². The summed E-state index contributed by atoms with van der Waals surface area (Å²) in [5, 5.41) is 20.9. The number of amides is 2. The summed E-state index contributed by atoms with van der Waals surface area (Å²) in [5.41, 5.74) is 0. The van der Waals surface area contributed by atoms with Crippen molar-refractivity contribution in [1.29, 1.82) is 0 Å². The number of nitrogens with zero attached hydrogens (tertiary/aromatic N) is 1. The zero-order valence-corrected chi connectivity index (χ0v) is 10.6. The number of β-amino-alcohol motifs (C(OH)–C–C–N with tert-alkyl or cyclic N) is 1. The van der Waals surface area contributed by atoms with E-state index in [0.717, 1.165) is 4.90 Å². The minimum Gasteiger partial charge on any atom is -0.480 e. The van der Waals surface area contributed by atoms with Crippen LogP contribution < -0.4 is 5.32 Å². The summed E-state index contributed by atoms with van der Waals surface area (Å²) in [7, 11) is 0. The number of aliphatic hydroxyl groups is 1. The lowest BCUT2D eigenvalue weighted by atomic mass is 10.2. The van der Waals surface area contributed by atoms with Gasteiger partial charge in [0.1, 0.15) is 6.04 Å². The third kappa shape index (κ3) is 4.15. The normalized spacial score (nSPS) is 23.4. The molecule has 3 N–H and O–H groups in total. The van der Waals surface area contributed by atoms with Crippen LogP contribution in [0.5, 0.6) is 0 Å². The van der Waals surface area contributed by atoms with E-state index in [-0.39, 0.29) is 19.1 Å². The molecule has 0 aromatic rings. The van der Waals surface area contributed by atoms with Crippen molar-refractivity contribution >= 4 is 12.0 Å². The average Bonchev–Trinajstić information content (AvgIpc) is 2.66. The Bertz CT molecular complexity index is 308. The lowest BCUT2D eigenvalue weighted by molar-refractivity contribution is -0.141. The van der Waals surface area contributed by atoms with Crippen molar-refractivity contribution in [1.82, 2.24) is 10.2 Å². The van der Waals surface area contributed by atoms with Crippen LogP contribution in [-0.2, 0) is 9.53 Å². The molecular weight excluding hydrogens is 240 g/mol. The van der Waals surface area contributed by atoms with E-state index in [1.165, 1.54) is 0 Å². The largest absolute Gasteiger partial charge is 0.480 e. The molecule has 104 valence electrons. The Balaban J connectivity index is 2.38. The summed E-state index contributed by atoms with van der Waals surface area (Å²) in [4.78, 5) is 23.8. The van der Waals surface area contributed by atoms with Crippen LogP contribution in [0.1, 0.15) is 20.3 Å². The van der Waals surface area contributed by atoms with E-state index >= 15 is 0 Å². The number of ether oxygens (including phenoxy) is 1. The monoisotopic (exact) mass is 260 g/mol. The molecule has 1 aliphatic rings. The molecule has 0 radical (unpaired) electrons. The Morgan fingerprint density at radius 3 is 2.72 bits per heavy atom. The molecule has 18 heavy (non-hydrogen) atoms. The van der Waals surface area contributed by atoms with Gasteiger partial charge in [-0.15, -0.1) is 0 Å². The summed E-state index contributed by atoms with van der Waals surface area (Å²) in [6, 6.07) is -1.43. The van der Waals surface area contributed by atoms with Crippen LogP contribution >= 0.6 is 0 Å². The Labute approximate surface area is 106 Å². The van der Waals surface area contributed by atoms with E-state index in [1.54, 1.807) is 0 Å². The van der Waals surface area contributed by atoms with Crippen molar-refractivity contribution in [3.8, 4) is 0 Å². The summed E-state index contributed by atoms with van der Waals surface area (Å²) in [5.74, 6) is -1.10. The van der Waals surface area contributed by atoms with Crippen LogP contribution in [0.3, 0.4) is 0 Å². The molecule has 1 saturated heterocycles. The highest BCUT2D eigenvalue weighted by atomic mass is 16.5. The summed E-state index contributed by atoms with van der Waals surface area (Å²) in [6.45, 7) is 4.51. The Kier molecular flexibility index (Phi) is 5.36. The highest BCUT2D eigenvalue weighted by molar-refractivity contribution is 5.83. The van der Waals surface area contributed by atoms with Crippen LogP contribution in [0.15, 0.2) is 0 Å². The predicted octanol–water partition coefficient (Wildman–Crippen LogP) is -0.359. The molecule has 0 bridgehead atoms. The number of hydrogen-bond donors (Lipinski definition) is 3. The van der Waals surface area contributed by atoms with Crippen LogP contribution in [0.25, 0.3) is 0 Å². The van der Waals surface area contributed by atoms with Gasteiger partial charge in [-0.2, -0.15) is 0 Å². The zero-order chi connectivity index (χ0) is 13.7. The van der Waals surface area contributed by atoms with Gasteiger partial charge in [-0.25, -0.2) is 9.59 Å². The van der Waals surface area contributed by atoms with Crippen molar-refractivity contribution in [2.45, 2.75) is 38.5 Å². The van der Waals surface area contributed by atoms with Crippen LogP contribution in [0.4, 0.5) is 4.79 Å². The fourth-order valence-electron chi connectivity index (χ4n) is 1.83. The van der Waals surface area contributed by atoms with Gasteiger partial charge in [0.2, 0.25) is 0 Å². The average molecular weight is 260 g/mol. The highest BCUT2D eigenvalue weighted by Gasteiger charge is 2.38. The molecule has 2 atom stereocenters. The predicted molar refractivity (Wildman–Crippen MR) is 63.2 cm³/mol. The molecule has 0 spiro atoms. The molecule has 0 aromatic heterocycles. The number of urea groups is 1. The first-order chi connectivity index (χ1) is 8.41. The van der Waals surface area contributed by atoms with Gasteiger partial charge in [-0.1, -0.05) is 0 Å². The molecule has 7 heteroatoms. The first-order valence-electron chi connectivity index (χ1n) is 5.98.